The van der Waals surface area contributed by atoms with Crippen molar-refractivity contribution < 1.29 is 32.5 Å². The van der Waals surface area contributed by atoms with E-state index in [1.807, 2.05) is 0 Å². The topological polar surface area (TPSA) is 112 Å². The molecule has 5 rings (SSSR count). The monoisotopic (exact) mass is 609 g/mol. The highest BCUT2D eigenvalue weighted by Gasteiger charge is 2.41. The number of nitrogens with zero attached hydrogens (tertiary/aromatic N) is 2. The van der Waals surface area contributed by atoms with E-state index in [4.69, 9.17) is 0 Å². The molecule has 2 aromatic rings. The summed E-state index contributed by atoms with van der Waals surface area (Å²) in [6, 6.07) is 6.22. The van der Waals surface area contributed by atoms with Crippen molar-refractivity contribution in [3.8, 4) is 5.75 Å². The summed E-state index contributed by atoms with van der Waals surface area (Å²) in [5.41, 5.74) is -0.647. The fourth-order valence-electron chi connectivity index (χ4n) is 7.52. The highest BCUT2D eigenvalue weighted by Crippen LogP contribution is 2.45. The first-order valence-electron chi connectivity index (χ1n) is 15.4. The normalized spacial score (nSPS) is 31.0. The third-order valence-corrected chi connectivity index (χ3v) is 9.67. The lowest BCUT2D eigenvalue weighted by molar-refractivity contribution is -0.274. The molecule has 12 heteroatoms. The number of hydrogen-bond acceptors (Lipinski definition) is 8. The van der Waals surface area contributed by atoms with Gasteiger partial charge in [0.25, 0.3) is 0 Å². The Labute approximate surface area is 250 Å². The molecule has 238 valence electrons. The second-order valence-corrected chi connectivity index (χ2v) is 13.0. The highest BCUT2D eigenvalue weighted by molar-refractivity contribution is 5.43. The predicted molar refractivity (Wildman–Crippen MR) is 155 cm³/mol. The van der Waals surface area contributed by atoms with Crippen LogP contribution in [0, 0.1) is 35.4 Å². The molecule has 8 nitrogen and oxygen atoms in total. The first kappa shape index (κ1) is 31.7. The third-order valence-electron chi connectivity index (χ3n) is 9.67. The quantitative estimate of drug-likeness (QED) is 0.213. The van der Waals surface area contributed by atoms with Gasteiger partial charge < -0.3 is 30.9 Å². The molecule has 0 aliphatic heterocycles. The number of anilines is 2. The van der Waals surface area contributed by atoms with Crippen LogP contribution in [0.25, 0.3) is 0 Å². The number of fused-ring (bicyclic) bond motifs is 2. The first-order valence-corrected chi connectivity index (χ1v) is 15.4. The van der Waals surface area contributed by atoms with Gasteiger partial charge in [0.05, 0.1) is 18.4 Å². The molecule has 3 fully saturated rings. The van der Waals surface area contributed by atoms with Gasteiger partial charge in [-0.05, 0) is 93.6 Å². The summed E-state index contributed by atoms with van der Waals surface area (Å²) in [5.74, 6) is 1.89. The molecule has 5 atom stereocenters. The van der Waals surface area contributed by atoms with Crippen LogP contribution < -0.4 is 20.7 Å². The standard InChI is InChI=1S/C31H43F4N5O3/c1-19-10-21-11-22(13-24(12-21)27(19)36-14-20-6-8-30(42,18-41)9-7-20)15-37-28-25(32)17-39-29(40-28)38-16-23-4-2-3-5-26(23)43-31(33,34)35/h2-5,17,19-22,24,27,36,41-42H,6-16,18H2,1H3,(H2,37,38,39,40)/t19-,20?,21?,22-,24-,27+,30?/m1/s1. The van der Waals surface area contributed by atoms with Crippen LogP contribution in [0.4, 0.5) is 29.3 Å². The fraction of sp³-hybridized carbons (Fsp3) is 0.677. The van der Waals surface area contributed by atoms with Crippen LogP contribution in [0.2, 0.25) is 0 Å². The molecule has 0 spiro atoms. The van der Waals surface area contributed by atoms with Crippen LogP contribution >= 0.6 is 0 Å². The van der Waals surface area contributed by atoms with Gasteiger partial charge in [-0.3, -0.25) is 0 Å². The Morgan fingerprint density at radius 3 is 2.53 bits per heavy atom. The number of aromatic nitrogens is 2. The molecule has 0 saturated heterocycles. The van der Waals surface area contributed by atoms with Crippen molar-refractivity contribution in [2.45, 2.75) is 82.8 Å². The van der Waals surface area contributed by atoms with Gasteiger partial charge in [-0.25, -0.2) is 9.37 Å². The van der Waals surface area contributed by atoms with Gasteiger partial charge in [-0.1, -0.05) is 25.1 Å². The maximum absolute atomic E-state index is 14.6. The van der Waals surface area contributed by atoms with E-state index in [2.05, 4.69) is 37.6 Å². The zero-order valence-electron chi connectivity index (χ0n) is 24.5. The van der Waals surface area contributed by atoms with Gasteiger partial charge in [0, 0.05) is 24.7 Å². The van der Waals surface area contributed by atoms with E-state index in [0.29, 0.717) is 55.0 Å². The van der Waals surface area contributed by atoms with Gasteiger partial charge >= 0.3 is 6.36 Å². The number of halogens is 4. The Balaban J connectivity index is 1.13. The Hall–Kier alpha value is -2.70. The summed E-state index contributed by atoms with van der Waals surface area (Å²) in [6.07, 6.45) is 3.84. The average molecular weight is 610 g/mol. The van der Waals surface area contributed by atoms with E-state index in [-0.39, 0.29) is 36.2 Å². The maximum Gasteiger partial charge on any atom is 0.573 e. The van der Waals surface area contributed by atoms with Crippen LogP contribution in [-0.2, 0) is 6.54 Å². The lowest BCUT2D eigenvalue weighted by Crippen LogP contribution is -2.51. The molecule has 1 heterocycles. The smallest absolute Gasteiger partial charge is 0.405 e. The Bertz CT molecular complexity index is 1210. The molecular formula is C31H43F4N5O3. The molecule has 3 aliphatic rings. The molecule has 5 N–H and O–H groups in total. The van der Waals surface area contributed by atoms with Crippen molar-refractivity contribution in [2.75, 3.05) is 30.3 Å². The molecule has 1 aromatic heterocycles. The summed E-state index contributed by atoms with van der Waals surface area (Å²) < 4.78 is 57.0. The zero-order chi connectivity index (χ0) is 30.6. The molecule has 1 aromatic carbocycles. The van der Waals surface area contributed by atoms with E-state index < -0.39 is 17.8 Å². The van der Waals surface area contributed by atoms with Crippen LogP contribution in [-0.4, -0.2) is 57.9 Å². The Morgan fingerprint density at radius 1 is 1.02 bits per heavy atom. The van der Waals surface area contributed by atoms with E-state index in [0.717, 1.165) is 44.8 Å². The molecule has 43 heavy (non-hydrogen) atoms. The largest absolute Gasteiger partial charge is 0.573 e. The Morgan fingerprint density at radius 2 is 1.79 bits per heavy atom. The van der Waals surface area contributed by atoms with Crippen molar-refractivity contribution in [2.24, 2.45) is 29.6 Å². The van der Waals surface area contributed by atoms with Crippen molar-refractivity contribution in [3.05, 3.63) is 41.8 Å². The number of ether oxygens (including phenoxy) is 1. The van der Waals surface area contributed by atoms with Crippen molar-refractivity contribution >= 4 is 11.8 Å². The minimum atomic E-state index is -4.81. The number of nitrogens with one attached hydrogen (secondary N) is 3. The lowest BCUT2D eigenvalue weighted by Gasteiger charge is -2.48. The lowest BCUT2D eigenvalue weighted by atomic mass is 9.62. The molecule has 3 saturated carbocycles. The van der Waals surface area contributed by atoms with Crippen LogP contribution in [0.15, 0.2) is 30.5 Å². The number of rotatable bonds is 11. The van der Waals surface area contributed by atoms with Gasteiger partial charge in [0.15, 0.2) is 11.6 Å². The molecule has 0 radical (unpaired) electrons. The van der Waals surface area contributed by atoms with Gasteiger partial charge in [0.2, 0.25) is 5.95 Å². The van der Waals surface area contributed by atoms with Crippen LogP contribution in [0.1, 0.15) is 63.9 Å². The van der Waals surface area contributed by atoms with E-state index >= 15 is 0 Å². The number of benzene rings is 1. The average Bonchev–Trinajstić information content (AvgIpc) is 2.96. The van der Waals surface area contributed by atoms with Gasteiger partial charge in [-0.15, -0.1) is 13.2 Å². The summed E-state index contributed by atoms with van der Waals surface area (Å²) in [7, 11) is 0. The second-order valence-electron chi connectivity index (χ2n) is 13.0. The number of para-hydroxylation sites is 1. The minimum absolute atomic E-state index is 0.0287. The van der Waals surface area contributed by atoms with Crippen molar-refractivity contribution in [3.63, 3.8) is 0 Å². The summed E-state index contributed by atoms with van der Waals surface area (Å²) >= 11 is 0. The SMILES string of the molecule is C[C@@H]1CC2C[C@@H](CNc3nc(NCc4ccccc4OC(F)(F)F)ncc3F)C[C@@H](C2)[C@H]1NCC1CCC(O)(CO)CC1. The maximum atomic E-state index is 14.6. The zero-order valence-corrected chi connectivity index (χ0v) is 24.5. The van der Waals surface area contributed by atoms with E-state index in [1.54, 1.807) is 6.07 Å². The predicted octanol–water partition coefficient (Wildman–Crippen LogP) is 5.48. The van der Waals surface area contributed by atoms with Crippen LogP contribution in [0.5, 0.6) is 5.75 Å². The molecule has 0 amide bonds. The van der Waals surface area contributed by atoms with Crippen molar-refractivity contribution in [1.82, 2.24) is 15.3 Å². The second kappa shape index (κ2) is 13.5. The van der Waals surface area contributed by atoms with E-state index in [9.17, 15) is 27.8 Å². The minimum Gasteiger partial charge on any atom is -0.405 e. The molecule has 3 aliphatic carbocycles. The Kier molecular flexibility index (Phi) is 9.97. The van der Waals surface area contributed by atoms with Crippen LogP contribution in [0.3, 0.4) is 0 Å². The van der Waals surface area contributed by atoms with Gasteiger partial charge in [0.1, 0.15) is 5.75 Å². The fourth-order valence-corrected chi connectivity index (χ4v) is 7.52. The highest BCUT2D eigenvalue weighted by atomic mass is 19.4. The number of aliphatic hydroxyl groups excluding tert-OH is 1. The van der Waals surface area contributed by atoms with E-state index in [1.165, 1.54) is 24.6 Å². The summed E-state index contributed by atoms with van der Waals surface area (Å²) in [5, 5.41) is 29.7. The molecular weight excluding hydrogens is 566 g/mol. The van der Waals surface area contributed by atoms with Crippen molar-refractivity contribution in [1.29, 1.82) is 0 Å². The first-order chi connectivity index (χ1) is 20.5. The summed E-state index contributed by atoms with van der Waals surface area (Å²) in [6.45, 7) is 3.64. The number of hydrogen-bond donors (Lipinski definition) is 5. The number of alkyl halides is 3. The van der Waals surface area contributed by atoms with Gasteiger partial charge in [-0.2, -0.15) is 4.98 Å². The number of aliphatic hydroxyl groups is 2. The third kappa shape index (κ3) is 8.48. The summed E-state index contributed by atoms with van der Waals surface area (Å²) in [4.78, 5) is 8.21. The molecule has 1 unspecified atom stereocenters. The molecule has 2 bridgehead atoms.